The molecule has 0 radical (unpaired) electrons. The lowest BCUT2D eigenvalue weighted by Crippen LogP contribution is -1.83. The van der Waals surface area contributed by atoms with Crippen LogP contribution >= 0.6 is 32.9 Å². The van der Waals surface area contributed by atoms with Crippen LogP contribution in [-0.4, -0.2) is 4.98 Å². The minimum absolute atomic E-state index is 0.914. The molecule has 0 saturated carbocycles. The molecular formula is C14H9NS3. The molecule has 0 N–H and O–H groups in total. The Morgan fingerprint density at radius 1 is 0.889 bits per heavy atom. The third-order valence-electron chi connectivity index (χ3n) is 2.59. The van der Waals surface area contributed by atoms with E-state index in [0.717, 1.165) is 15.1 Å². The second kappa shape index (κ2) is 5.10. The molecule has 0 amide bonds. The highest BCUT2D eigenvalue weighted by Crippen LogP contribution is 2.40. The highest BCUT2D eigenvalue weighted by Gasteiger charge is 2.12. The Bertz CT molecular complexity index is 699. The van der Waals surface area contributed by atoms with Crippen LogP contribution in [0.15, 0.2) is 54.7 Å². The van der Waals surface area contributed by atoms with Crippen molar-refractivity contribution in [3.8, 4) is 21.7 Å². The first-order chi connectivity index (χ1) is 8.86. The van der Waals surface area contributed by atoms with Gasteiger partial charge in [-0.15, -0.1) is 0 Å². The van der Waals surface area contributed by atoms with Gasteiger partial charge in [-0.1, -0.05) is 69.3 Å². The normalized spacial score (nSPS) is 10.4. The van der Waals surface area contributed by atoms with Gasteiger partial charge in [-0.05, 0) is 17.7 Å². The molecule has 0 aliphatic rings. The fourth-order valence-electron chi connectivity index (χ4n) is 1.77. The number of hydrogen-bond acceptors (Lipinski definition) is 4. The van der Waals surface area contributed by atoms with Gasteiger partial charge in [-0.2, -0.15) is 0 Å². The van der Waals surface area contributed by atoms with E-state index in [4.69, 9.17) is 12.2 Å². The van der Waals surface area contributed by atoms with Gasteiger partial charge in [0.25, 0.3) is 0 Å². The summed E-state index contributed by atoms with van der Waals surface area (Å²) in [7, 11) is 3.36. The lowest BCUT2D eigenvalue weighted by Gasteiger charge is -2.02. The third-order valence-corrected chi connectivity index (χ3v) is 5.65. The van der Waals surface area contributed by atoms with Crippen molar-refractivity contribution in [1.29, 1.82) is 0 Å². The molecule has 2 heterocycles. The molecule has 1 aromatic carbocycles. The van der Waals surface area contributed by atoms with Crippen LogP contribution in [0.2, 0.25) is 0 Å². The molecule has 4 heteroatoms. The van der Waals surface area contributed by atoms with Crippen LogP contribution in [0.4, 0.5) is 0 Å². The molecule has 3 aromatic rings. The van der Waals surface area contributed by atoms with E-state index in [9.17, 15) is 0 Å². The molecule has 0 bridgehead atoms. The maximum Gasteiger partial charge on any atom is 0.111 e. The van der Waals surface area contributed by atoms with Crippen molar-refractivity contribution in [1.82, 2.24) is 4.98 Å². The molecule has 0 unspecified atom stereocenters. The van der Waals surface area contributed by atoms with Crippen molar-refractivity contribution < 1.29 is 0 Å². The van der Waals surface area contributed by atoms with Gasteiger partial charge in [0.2, 0.25) is 0 Å². The molecule has 0 saturated heterocycles. The van der Waals surface area contributed by atoms with Crippen molar-refractivity contribution in [2.24, 2.45) is 0 Å². The second-order valence-corrected chi connectivity index (χ2v) is 6.56. The molecule has 2 aromatic heterocycles. The van der Waals surface area contributed by atoms with Crippen LogP contribution in [0.5, 0.6) is 0 Å². The van der Waals surface area contributed by atoms with E-state index >= 15 is 0 Å². The van der Waals surface area contributed by atoms with E-state index in [1.54, 1.807) is 26.9 Å². The molecule has 88 valence electrons. The van der Waals surface area contributed by atoms with Crippen molar-refractivity contribution >= 4 is 32.9 Å². The topological polar surface area (TPSA) is 12.9 Å². The summed E-state index contributed by atoms with van der Waals surface area (Å²) >= 11 is 5.44. The fraction of sp³-hybridized carbons (Fsp3) is 0. The van der Waals surface area contributed by atoms with Gasteiger partial charge in [0.1, 0.15) is 3.82 Å². The Morgan fingerprint density at radius 2 is 1.67 bits per heavy atom. The van der Waals surface area contributed by atoms with Gasteiger partial charge >= 0.3 is 0 Å². The first kappa shape index (κ1) is 11.7. The van der Waals surface area contributed by atoms with Crippen molar-refractivity contribution in [3.05, 3.63) is 58.6 Å². The maximum atomic E-state index is 5.44. The van der Waals surface area contributed by atoms with Crippen LogP contribution in [-0.2, 0) is 0 Å². The van der Waals surface area contributed by atoms with E-state index < -0.39 is 0 Å². The molecule has 0 spiro atoms. The minimum Gasteiger partial charge on any atom is -0.256 e. The quantitative estimate of drug-likeness (QED) is 0.470. The summed E-state index contributed by atoms with van der Waals surface area (Å²) in [5.74, 6) is 0. The van der Waals surface area contributed by atoms with Crippen molar-refractivity contribution in [2.75, 3.05) is 0 Å². The summed E-state index contributed by atoms with van der Waals surface area (Å²) < 4.78 is 0.914. The van der Waals surface area contributed by atoms with E-state index in [1.807, 2.05) is 36.4 Å². The molecule has 0 atom stereocenters. The van der Waals surface area contributed by atoms with E-state index in [0.29, 0.717) is 0 Å². The molecule has 0 fully saturated rings. The van der Waals surface area contributed by atoms with Crippen LogP contribution in [0.25, 0.3) is 21.7 Å². The maximum absolute atomic E-state index is 5.44. The smallest absolute Gasteiger partial charge is 0.111 e. The largest absolute Gasteiger partial charge is 0.256 e. The van der Waals surface area contributed by atoms with Crippen LogP contribution < -0.4 is 0 Å². The zero-order valence-electron chi connectivity index (χ0n) is 9.37. The predicted octanol–water partition coefficient (Wildman–Crippen LogP) is 5.27. The van der Waals surface area contributed by atoms with Gasteiger partial charge in [0, 0.05) is 11.8 Å². The van der Waals surface area contributed by atoms with Crippen molar-refractivity contribution in [3.63, 3.8) is 0 Å². The third kappa shape index (κ3) is 2.14. The highest BCUT2D eigenvalue weighted by atomic mass is 32.9. The van der Waals surface area contributed by atoms with Crippen LogP contribution in [0.1, 0.15) is 0 Å². The molecule has 0 aliphatic heterocycles. The van der Waals surface area contributed by atoms with Gasteiger partial charge in [0.15, 0.2) is 0 Å². The van der Waals surface area contributed by atoms with Gasteiger partial charge < -0.3 is 0 Å². The number of aromatic nitrogens is 1. The average molecular weight is 287 g/mol. The monoisotopic (exact) mass is 287 g/mol. The predicted molar refractivity (Wildman–Crippen MR) is 81.7 cm³/mol. The molecule has 0 aliphatic carbocycles. The van der Waals surface area contributed by atoms with E-state index in [-0.39, 0.29) is 0 Å². The summed E-state index contributed by atoms with van der Waals surface area (Å²) in [6.45, 7) is 0. The summed E-state index contributed by atoms with van der Waals surface area (Å²) in [5.41, 5.74) is 3.25. The van der Waals surface area contributed by atoms with Crippen molar-refractivity contribution in [2.45, 2.75) is 0 Å². The minimum atomic E-state index is 0.914. The van der Waals surface area contributed by atoms with Crippen LogP contribution in [0, 0.1) is 3.82 Å². The first-order valence-corrected chi connectivity index (χ1v) is 8.02. The van der Waals surface area contributed by atoms with E-state index in [1.165, 1.54) is 10.4 Å². The highest BCUT2D eigenvalue weighted by molar-refractivity contribution is 7.80. The van der Waals surface area contributed by atoms with Crippen LogP contribution in [0.3, 0.4) is 0 Å². The second-order valence-electron chi connectivity index (χ2n) is 3.74. The molecule has 3 rings (SSSR count). The SMILES string of the molecule is S=c1ssc(-c2ccccc2)c1-c1ccccn1. The lowest BCUT2D eigenvalue weighted by molar-refractivity contribution is 1.33. The number of benzene rings is 1. The number of nitrogens with zero attached hydrogens (tertiary/aromatic N) is 1. The summed E-state index contributed by atoms with van der Waals surface area (Å²) in [5, 5.41) is 0. The Hall–Kier alpha value is -1.36. The Kier molecular flexibility index (Phi) is 3.32. The fourth-order valence-corrected chi connectivity index (χ4v) is 4.65. The molecule has 1 nitrogen and oxygen atoms in total. The summed E-state index contributed by atoms with van der Waals surface area (Å²) in [6.07, 6.45) is 1.81. The number of hydrogen-bond donors (Lipinski definition) is 0. The molecular weight excluding hydrogens is 278 g/mol. The zero-order chi connectivity index (χ0) is 12.4. The Morgan fingerprint density at radius 3 is 2.39 bits per heavy atom. The van der Waals surface area contributed by atoms with Gasteiger partial charge in [-0.25, -0.2) is 0 Å². The number of pyridine rings is 1. The Labute approximate surface area is 118 Å². The zero-order valence-corrected chi connectivity index (χ0v) is 11.8. The molecule has 18 heavy (non-hydrogen) atoms. The van der Waals surface area contributed by atoms with Gasteiger partial charge in [-0.3, -0.25) is 4.98 Å². The summed E-state index contributed by atoms with van der Waals surface area (Å²) in [6, 6.07) is 16.3. The average Bonchev–Trinajstić information content (AvgIpc) is 2.83. The van der Waals surface area contributed by atoms with E-state index in [2.05, 4.69) is 17.1 Å². The number of rotatable bonds is 2. The summed E-state index contributed by atoms with van der Waals surface area (Å²) in [4.78, 5) is 5.63. The van der Waals surface area contributed by atoms with Gasteiger partial charge in [0.05, 0.1) is 10.6 Å². The first-order valence-electron chi connectivity index (χ1n) is 5.46. The standard InChI is InChI=1S/C14H9NS3/c16-14-12(11-8-4-5-9-15-11)13(17-18-14)10-6-2-1-3-7-10/h1-9H. The Balaban J connectivity index is 2.23. The lowest BCUT2D eigenvalue weighted by atomic mass is 10.1.